The van der Waals surface area contributed by atoms with Crippen LogP contribution in [-0.4, -0.2) is 33.3 Å². The van der Waals surface area contributed by atoms with E-state index >= 15 is 0 Å². The van der Waals surface area contributed by atoms with Crippen molar-refractivity contribution in [1.82, 2.24) is 19.9 Å². The molecule has 0 aliphatic rings. The van der Waals surface area contributed by atoms with Gasteiger partial charge in [0.1, 0.15) is 13.0 Å². The number of nitrogens with one attached hydrogen (secondary N) is 2. The predicted molar refractivity (Wildman–Crippen MR) is 143 cm³/mol. The summed E-state index contributed by atoms with van der Waals surface area (Å²) >= 11 is 1.54. The summed E-state index contributed by atoms with van der Waals surface area (Å²) < 4.78 is 25.9. The van der Waals surface area contributed by atoms with Gasteiger partial charge >= 0.3 is 0 Å². The van der Waals surface area contributed by atoms with E-state index in [0.717, 1.165) is 15.9 Å². The van der Waals surface area contributed by atoms with Crippen molar-refractivity contribution >= 4 is 58.7 Å². The quantitative estimate of drug-likeness (QED) is 0.263. The van der Waals surface area contributed by atoms with E-state index in [0.29, 0.717) is 34.3 Å². The third kappa shape index (κ3) is 6.81. The van der Waals surface area contributed by atoms with Crippen molar-refractivity contribution in [3.8, 4) is 0 Å². The molecule has 0 bridgehead atoms. The Bertz CT molecular complexity index is 1400. The molecule has 0 aliphatic heterocycles. The molecule has 4 aromatic rings. The molecular formula is C25H26FN6OPS. The number of aromatic nitrogens is 4. The molecule has 0 saturated heterocycles. The van der Waals surface area contributed by atoms with Crippen LogP contribution in [-0.2, 0) is 4.57 Å². The number of anilines is 4. The highest BCUT2D eigenvalue weighted by Gasteiger charge is 2.12. The summed E-state index contributed by atoms with van der Waals surface area (Å²) in [6.45, 7) is 7.69. The molecule has 0 spiro atoms. The van der Waals surface area contributed by atoms with Crippen LogP contribution < -0.4 is 15.9 Å². The molecule has 0 aliphatic carbocycles. The molecule has 4 rings (SSSR count). The Morgan fingerprint density at radius 1 is 0.971 bits per heavy atom. The third-order valence-corrected chi connectivity index (χ3v) is 7.74. The smallest absolute Gasteiger partial charge is 0.234 e. The van der Waals surface area contributed by atoms with Crippen LogP contribution in [0.3, 0.4) is 0 Å². The Kier molecular flexibility index (Phi) is 7.38. The molecule has 35 heavy (non-hydrogen) atoms. The average molecular weight is 509 g/mol. The number of nitrogens with zero attached hydrogens (tertiary/aromatic N) is 4. The lowest BCUT2D eigenvalue weighted by Crippen LogP contribution is -2.06. The molecule has 0 fully saturated rings. The number of hydrogen-bond donors (Lipinski definition) is 2. The number of hydrogen-bond acceptors (Lipinski definition) is 8. The van der Waals surface area contributed by atoms with E-state index in [4.69, 9.17) is 0 Å². The van der Waals surface area contributed by atoms with Crippen molar-refractivity contribution in [3.05, 3.63) is 76.8 Å². The molecular weight excluding hydrogens is 482 g/mol. The zero-order chi connectivity index (χ0) is 25.0. The van der Waals surface area contributed by atoms with E-state index in [1.807, 2.05) is 30.5 Å². The zero-order valence-electron chi connectivity index (χ0n) is 19.9. The first-order chi connectivity index (χ1) is 16.7. The minimum absolute atomic E-state index is 0.315. The number of benzene rings is 2. The fraction of sp³-hybridized carbons (Fsp3) is 0.200. The van der Waals surface area contributed by atoms with E-state index in [-0.39, 0.29) is 5.82 Å². The monoisotopic (exact) mass is 508 g/mol. The van der Waals surface area contributed by atoms with E-state index in [9.17, 15) is 8.96 Å². The van der Waals surface area contributed by atoms with Crippen LogP contribution in [0, 0.1) is 5.82 Å². The molecule has 2 aromatic heterocycles. The molecule has 2 aromatic carbocycles. The Labute approximate surface area is 208 Å². The lowest BCUT2D eigenvalue weighted by molar-refractivity contribution is 0.588. The lowest BCUT2D eigenvalue weighted by Gasteiger charge is -2.10. The van der Waals surface area contributed by atoms with Gasteiger partial charge in [0.25, 0.3) is 0 Å². The van der Waals surface area contributed by atoms with Gasteiger partial charge < -0.3 is 9.88 Å². The van der Waals surface area contributed by atoms with E-state index in [2.05, 4.69) is 44.4 Å². The summed E-state index contributed by atoms with van der Waals surface area (Å²) in [5, 5.41) is 7.81. The molecule has 10 heteroatoms. The standard InChI is InChI=1S/C25H26FN6OPS/c1-16(2)21-15-27-25(35-21)32-24-30-22(13-8-17-6-5-7-18(26)14-17)29-23(31-24)28-19-9-11-20(12-10-19)34(3,4)33/h5-16H,1-4H3,(H2,27,28,29,30,31,32)/b13-8+. The minimum atomic E-state index is -2.34. The highest BCUT2D eigenvalue weighted by atomic mass is 32.1. The van der Waals surface area contributed by atoms with Crippen LogP contribution >= 0.6 is 18.5 Å². The largest absolute Gasteiger partial charge is 0.324 e. The zero-order valence-corrected chi connectivity index (χ0v) is 21.6. The van der Waals surface area contributed by atoms with Crippen molar-refractivity contribution in [2.75, 3.05) is 24.0 Å². The van der Waals surface area contributed by atoms with E-state index in [1.54, 1.807) is 37.6 Å². The van der Waals surface area contributed by atoms with Gasteiger partial charge in [-0.3, -0.25) is 5.32 Å². The summed E-state index contributed by atoms with van der Waals surface area (Å²) in [6.07, 6.45) is 5.27. The highest BCUT2D eigenvalue weighted by molar-refractivity contribution is 7.70. The summed E-state index contributed by atoms with van der Waals surface area (Å²) in [5.74, 6) is 1.09. The Morgan fingerprint density at radius 2 is 1.69 bits per heavy atom. The van der Waals surface area contributed by atoms with Gasteiger partial charge in [0, 0.05) is 22.1 Å². The normalized spacial score (nSPS) is 11.8. The Hall–Kier alpha value is -3.42. The minimum Gasteiger partial charge on any atom is -0.324 e. The van der Waals surface area contributed by atoms with Crippen molar-refractivity contribution in [3.63, 3.8) is 0 Å². The molecule has 2 heterocycles. The first-order valence-electron chi connectivity index (χ1n) is 11.0. The van der Waals surface area contributed by atoms with Crippen molar-refractivity contribution < 1.29 is 8.96 Å². The van der Waals surface area contributed by atoms with Gasteiger partial charge in [-0.2, -0.15) is 15.0 Å². The second-order valence-electron chi connectivity index (χ2n) is 8.60. The van der Waals surface area contributed by atoms with Crippen molar-refractivity contribution in [2.24, 2.45) is 0 Å². The maximum absolute atomic E-state index is 13.5. The van der Waals surface area contributed by atoms with Crippen LogP contribution in [0.4, 0.5) is 27.1 Å². The number of rotatable bonds is 8. The van der Waals surface area contributed by atoms with Gasteiger partial charge in [0.05, 0.1) is 0 Å². The highest BCUT2D eigenvalue weighted by Crippen LogP contribution is 2.34. The Morgan fingerprint density at radius 3 is 2.31 bits per heavy atom. The molecule has 0 atom stereocenters. The SMILES string of the molecule is CC(C)c1cnc(Nc2nc(/C=C/c3cccc(F)c3)nc(Nc3ccc(P(C)(C)=O)cc3)n2)s1. The summed E-state index contributed by atoms with van der Waals surface area (Å²) in [5.41, 5.74) is 1.44. The average Bonchev–Trinajstić information content (AvgIpc) is 3.26. The fourth-order valence-electron chi connectivity index (χ4n) is 3.10. The van der Waals surface area contributed by atoms with Gasteiger partial charge in [-0.1, -0.05) is 32.1 Å². The summed E-state index contributed by atoms with van der Waals surface area (Å²) in [6, 6.07) is 13.6. The lowest BCUT2D eigenvalue weighted by atomic mass is 10.2. The van der Waals surface area contributed by atoms with Crippen LogP contribution in [0.1, 0.15) is 36.0 Å². The van der Waals surface area contributed by atoms with E-state index in [1.165, 1.54) is 23.5 Å². The molecule has 180 valence electrons. The van der Waals surface area contributed by atoms with Crippen molar-refractivity contribution in [2.45, 2.75) is 19.8 Å². The molecule has 0 unspecified atom stereocenters. The molecule has 0 radical (unpaired) electrons. The van der Waals surface area contributed by atoms with Crippen LogP contribution in [0.5, 0.6) is 0 Å². The number of halogens is 1. The second-order valence-corrected chi connectivity index (χ2v) is 12.9. The first kappa shape index (κ1) is 24.7. The molecule has 0 saturated carbocycles. The van der Waals surface area contributed by atoms with Crippen LogP contribution in [0.15, 0.2) is 54.7 Å². The van der Waals surface area contributed by atoms with Gasteiger partial charge in [-0.05, 0) is 67.3 Å². The van der Waals surface area contributed by atoms with Gasteiger partial charge in [-0.15, -0.1) is 11.3 Å². The third-order valence-electron chi connectivity index (χ3n) is 4.98. The summed E-state index contributed by atoms with van der Waals surface area (Å²) in [7, 11) is -2.34. The Balaban J connectivity index is 1.64. The first-order valence-corrected chi connectivity index (χ1v) is 14.4. The van der Waals surface area contributed by atoms with Gasteiger partial charge in [0.15, 0.2) is 11.0 Å². The summed E-state index contributed by atoms with van der Waals surface area (Å²) in [4.78, 5) is 19.0. The second kappa shape index (κ2) is 10.5. The van der Waals surface area contributed by atoms with Crippen molar-refractivity contribution in [1.29, 1.82) is 0 Å². The van der Waals surface area contributed by atoms with Gasteiger partial charge in [-0.25, -0.2) is 9.37 Å². The topological polar surface area (TPSA) is 92.7 Å². The molecule has 2 N–H and O–H groups in total. The maximum Gasteiger partial charge on any atom is 0.234 e. The molecule has 0 amide bonds. The molecule has 7 nitrogen and oxygen atoms in total. The van der Waals surface area contributed by atoms with Crippen LogP contribution in [0.25, 0.3) is 12.2 Å². The predicted octanol–water partition coefficient (Wildman–Crippen LogP) is 6.50. The fourth-order valence-corrected chi connectivity index (χ4v) is 4.78. The number of thiazole rings is 1. The maximum atomic E-state index is 13.5. The van der Waals surface area contributed by atoms with Crippen LogP contribution in [0.2, 0.25) is 0 Å². The van der Waals surface area contributed by atoms with E-state index < -0.39 is 7.14 Å². The van der Waals surface area contributed by atoms with Gasteiger partial charge in [0.2, 0.25) is 11.9 Å².